The summed E-state index contributed by atoms with van der Waals surface area (Å²) < 4.78 is 4.64. The summed E-state index contributed by atoms with van der Waals surface area (Å²) in [6.45, 7) is 2.14. The summed E-state index contributed by atoms with van der Waals surface area (Å²) in [5, 5.41) is 10.2. The van der Waals surface area contributed by atoms with Crippen LogP contribution in [0.4, 0.5) is 0 Å². The summed E-state index contributed by atoms with van der Waals surface area (Å²) in [5.74, 6) is 0.692. The first-order valence-electron chi connectivity index (χ1n) is 10.0. The largest absolute Gasteiger partial charge is 0.469 e. The number of unbranched alkanes of at least 4 members (excludes halogenated alkanes) is 5. The molecule has 4 nitrogen and oxygen atoms in total. The van der Waals surface area contributed by atoms with Crippen LogP contribution in [0, 0.1) is 11.8 Å². The predicted octanol–water partition coefficient (Wildman–Crippen LogP) is 4.59. The van der Waals surface area contributed by atoms with E-state index in [1.807, 2.05) is 6.08 Å². The van der Waals surface area contributed by atoms with Gasteiger partial charge in [0.2, 0.25) is 0 Å². The molecule has 1 unspecified atom stereocenters. The monoisotopic (exact) mass is 352 g/mol. The molecule has 0 amide bonds. The fourth-order valence-corrected chi connectivity index (χ4v) is 3.69. The van der Waals surface area contributed by atoms with Gasteiger partial charge in [0, 0.05) is 12.8 Å². The van der Waals surface area contributed by atoms with Crippen molar-refractivity contribution < 1.29 is 19.4 Å². The number of aliphatic hydroxyl groups is 1. The third-order valence-corrected chi connectivity index (χ3v) is 5.29. The van der Waals surface area contributed by atoms with Gasteiger partial charge in [-0.05, 0) is 50.0 Å². The highest BCUT2D eigenvalue weighted by molar-refractivity contribution is 5.89. The Balaban J connectivity index is 2.26. The lowest BCUT2D eigenvalue weighted by atomic mass is 9.88. The molecule has 0 aromatic carbocycles. The lowest BCUT2D eigenvalue weighted by molar-refractivity contribution is -0.140. The van der Waals surface area contributed by atoms with Crippen LogP contribution < -0.4 is 0 Å². The molecule has 0 bridgehead atoms. The van der Waals surface area contributed by atoms with Crippen molar-refractivity contribution in [3.8, 4) is 0 Å². The fraction of sp³-hybridized carbons (Fsp3) is 0.810. The topological polar surface area (TPSA) is 63.6 Å². The smallest absolute Gasteiger partial charge is 0.305 e. The van der Waals surface area contributed by atoms with Crippen LogP contribution in [-0.4, -0.2) is 30.1 Å². The van der Waals surface area contributed by atoms with E-state index in [0.29, 0.717) is 18.8 Å². The molecular formula is C21H36O4. The molecule has 0 saturated heterocycles. The first-order chi connectivity index (χ1) is 12.1. The van der Waals surface area contributed by atoms with Gasteiger partial charge in [-0.15, -0.1) is 0 Å². The van der Waals surface area contributed by atoms with E-state index in [9.17, 15) is 14.7 Å². The van der Waals surface area contributed by atoms with Crippen LogP contribution in [0.15, 0.2) is 12.2 Å². The van der Waals surface area contributed by atoms with Gasteiger partial charge in [-0.25, -0.2) is 0 Å². The van der Waals surface area contributed by atoms with Crippen molar-refractivity contribution in [1.82, 2.24) is 0 Å². The molecule has 1 saturated carbocycles. The number of ketones is 1. The van der Waals surface area contributed by atoms with Crippen LogP contribution >= 0.6 is 0 Å². The lowest BCUT2D eigenvalue weighted by Crippen LogP contribution is -2.18. The van der Waals surface area contributed by atoms with Crippen LogP contribution in [0.3, 0.4) is 0 Å². The first-order valence-corrected chi connectivity index (χ1v) is 10.0. The zero-order valence-electron chi connectivity index (χ0n) is 16.0. The molecule has 1 N–H and O–H groups in total. The second kappa shape index (κ2) is 13.1. The Morgan fingerprint density at radius 3 is 2.48 bits per heavy atom. The van der Waals surface area contributed by atoms with Crippen molar-refractivity contribution in [2.45, 2.75) is 90.1 Å². The third kappa shape index (κ3) is 9.20. The number of carbonyl (C=O) groups is 2. The van der Waals surface area contributed by atoms with E-state index in [0.717, 1.165) is 64.2 Å². The van der Waals surface area contributed by atoms with Crippen molar-refractivity contribution >= 4 is 11.8 Å². The Kier molecular flexibility index (Phi) is 11.5. The molecule has 0 aromatic rings. The summed E-state index contributed by atoms with van der Waals surface area (Å²) in [7, 11) is 1.42. The van der Waals surface area contributed by atoms with E-state index < -0.39 is 0 Å². The maximum absolute atomic E-state index is 11.9. The number of aliphatic hydroxyl groups excluding tert-OH is 1. The van der Waals surface area contributed by atoms with Crippen LogP contribution in [0.2, 0.25) is 0 Å². The number of allylic oxidation sites excluding steroid dienone is 2. The number of carbonyl (C=O) groups excluding carboxylic acids is 2. The average Bonchev–Trinajstić information content (AvgIpc) is 2.96. The Bertz CT molecular complexity index is 416. The zero-order chi connectivity index (χ0) is 18.5. The summed E-state index contributed by atoms with van der Waals surface area (Å²) >= 11 is 0. The number of methoxy groups -OCH3 is 1. The number of hydrogen-bond donors (Lipinski definition) is 1. The standard InChI is InChI=1S/C21H36O4/c1-3-4-7-10-18(22)15-13-17-14-16-20(23)19(17)11-8-5-6-9-12-21(24)25-2/h13,15,17,19-20,23H,3-12,14,16H2,1-2H3/t17-,19+,20?/m1/s1. The van der Waals surface area contributed by atoms with Gasteiger partial charge in [-0.1, -0.05) is 45.1 Å². The molecule has 144 valence electrons. The van der Waals surface area contributed by atoms with Crippen molar-refractivity contribution in [2.75, 3.05) is 7.11 Å². The highest BCUT2D eigenvalue weighted by Gasteiger charge is 2.32. The van der Waals surface area contributed by atoms with Gasteiger partial charge >= 0.3 is 5.97 Å². The van der Waals surface area contributed by atoms with E-state index in [1.165, 1.54) is 7.11 Å². The highest BCUT2D eigenvalue weighted by atomic mass is 16.5. The normalized spacial score (nSPS) is 23.2. The van der Waals surface area contributed by atoms with E-state index in [1.54, 1.807) is 6.08 Å². The van der Waals surface area contributed by atoms with E-state index in [-0.39, 0.29) is 23.8 Å². The molecule has 1 aliphatic rings. The average molecular weight is 353 g/mol. The molecule has 0 heterocycles. The van der Waals surface area contributed by atoms with Crippen LogP contribution in [0.25, 0.3) is 0 Å². The maximum Gasteiger partial charge on any atom is 0.305 e. The molecule has 1 aliphatic carbocycles. The zero-order valence-corrected chi connectivity index (χ0v) is 16.0. The molecular weight excluding hydrogens is 316 g/mol. The molecule has 1 rings (SSSR count). The molecule has 1 fully saturated rings. The molecule has 0 spiro atoms. The maximum atomic E-state index is 11.9. The van der Waals surface area contributed by atoms with E-state index in [2.05, 4.69) is 11.7 Å². The van der Waals surface area contributed by atoms with Gasteiger partial charge in [-0.2, -0.15) is 0 Å². The molecule has 25 heavy (non-hydrogen) atoms. The number of rotatable bonds is 13. The summed E-state index contributed by atoms with van der Waals surface area (Å²) in [4.78, 5) is 22.9. The first kappa shape index (κ1) is 21.9. The number of hydrogen-bond acceptors (Lipinski definition) is 4. The van der Waals surface area contributed by atoms with Gasteiger partial charge < -0.3 is 9.84 Å². The minimum absolute atomic E-state index is 0.139. The Hall–Kier alpha value is -1.16. The second-order valence-electron chi connectivity index (χ2n) is 7.28. The second-order valence-corrected chi connectivity index (χ2v) is 7.28. The van der Waals surface area contributed by atoms with Gasteiger partial charge in [0.15, 0.2) is 5.78 Å². The van der Waals surface area contributed by atoms with E-state index >= 15 is 0 Å². The SMILES string of the molecule is CCCCCC(=O)C=C[C@@H]1CCC(O)[C@H]1CCCCCCC(=O)OC. The Morgan fingerprint density at radius 2 is 1.76 bits per heavy atom. The number of esters is 1. The summed E-state index contributed by atoms with van der Waals surface area (Å²) in [6, 6.07) is 0. The van der Waals surface area contributed by atoms with Crippen molar-refractivity contribution in [2.24, 2.45) is 11.8 Å². The van der Waals surface area contributed by atoms with Crippen molar-refractivity contribution in [3.05, 3.63) is 12.2 Å². The predicted molar refractivity (Wildman–Crippen MR) is 100 cm³/mol. The van der Waals surface area contributed by atoms with Gasteiger partial charge in [0.25, 0.3) is 0 Å². The van der Waals surface area contributed by atoms with Gasteiger partial charge in [-0.3, -0.25) is 9.59 Å². The molecule has 0 aromatic heterocycles. The minimum atomic E-state index is -0.236. The Labute approximate surface area is 153 Å². The van der Waals surface area contributed by atoms with Gasteiger partial charge in [0.1, 0.15) is 0 Å². The summed E-state index contributed by atoms with van der Waals surface area (Å²) in [6.07, 6.45) is 14.8. The van der Waals surface area contributed by atoms with Crippen molar-refractivity contribution in [3.63, 3.8) is 0 Å². The fourth-order valence-electron chi connectivity index (χ4n) is 3.69. The van der Waals surface area contributed by atoms with Crippen molar-refractivity contribution in [1.29, 1.82) is 0 Å². The Morgan fingerprint density at radius 1 is 1.04 bits per heavy atom. The van der Waals surface area contributed by atoms with E-state index in [4.69, 9.17) is 0 Å². The van der Waals surface area contributed by atoms with Crippen LogP contribution in [-0.2, 0) is 14.3 Å². The van der Waals surface area contributed by atoms with Gasteiger partial charge in [0.05, 0.1) is 13.2 Å². The minimum Gasteiger partial charge on any atom is -0.469 e. The summed E-state index contributed by atoms with van der Waals surface area (Å²) in [5.41, 5.74) is 0. The molecule has 0 radical (unpaired) electrons. The number of ether oxygens (including phenoxy) is 1. The molecule has 0 aliphatic heterocycles. The van der Waals surface area contributed by atoms with Crippen LogP contribution in [0.5, 0.6) is 0 Å². The highest BCUT2D eigenvalue weighted by Crippen LogP contribution is 2.36. The van der Waals surface area contributed by atoms with Crippen LogP contribution in [0.1, 0.15) is 84.0 Å². The lowest BCUT2D eigenvalue weighted by Gasteiger charge is -2.19. The third-order valence-electron chi connectivity index (χ3n) is 5.29. The molecule has 3 atom stereocenters. The quantitative estimate of drug-likeness (QED) is 0.299. The molecule has 4 heteroatoms.